The molecule has 2 aliphatic carbocycles. The summed E-state index contributed by atoms with van der Waals surface area (Å²) in [4.78, 5) is 61.8. The molecule has 3 aliphatic heterocycles. The predicted octanol–water partition coefficient (Wildman–Crippen LogP) is 4.06. The van der Waals surface area contributed by atoms with Crippen LogP contribution in [0.4, 0.5) is 0 Å². The van der Waals surface area contributed by atoms with E-state index < -0.39 is 56.7 Å². The van der Waals surface area contributed by atoms with Crippen molar-refractivity contribution in [3.63, 3.8) is 0 Å². The zero-order valence-corrected chi connectivity index (χ0v) is 31.0. The van der Waals surface area contributed by atoms with Crippen LogP contribution in [0.2, 0.25) is 0 Å². The van der Waals surface area contributed by atoms with Gasteiger partial charge in [-0.2, -0.15) is 0 Å². The largest absolute Gasteiger partial charge is 0.496 e. The molecule has 0 spiro atoms. The van der Waals surface area contributed by atoms with Crippen molar-refractivity contribution in [3.8, 4) is 11.6 Å². The van der Waals surface area contributed by atoms with Crippen molar-refractivity contribution in [2.24, 2.45) is 5.92 Å². The van der Waals surface area contributed by atoms with Gasteiger partial charge in [0.1, 0.15) is 29.5 Å². The third-order valence-corrected chi connectivity index (χ3v) is 12.9. The van der Waals surface area contributed by atoms with E-state index in [9.17, 15) is 27.6 Å². The molecule has 7 rings (SSSR count). The van der Waals surface area contributed by atoms with Gasteiger partial charge in [0.2, 0.25) is 33.6 Å². The molecule has 1 saturated heterocycles. The zero-order valence-electron chi connectivity index (χ0n) is 30.2. The normalized spacial score (nSPS) is 28.7. The molecule has 14 heteroatoms. The number of pyridine rings is 1. The number of allylic oxidation sites excluding steroid dienone is 2. The number of nitrogens with zero attached hydrogens (tertiary/aromatic N) is 2. The average Bonchev–Trinajstić information content (AvgIpc) is 4.06. The second-order valence-corrected chi connectivity index (χ2v) is 17.0. The van der Waals surface area contributed by atoms with E-state index in [1.807, 2.05) is 36.4 Å². The second kappa shape index (κ2) is 15.5. The van der Waals surface area contributed by atoms with Crippen LogP contribution in [0, 0.1) is 5.92 Å². The molecule has 4 amide bonds. The van der Waals surface area contributed by atoms with Crippen molar-refractivity contribution in [2.45, 2.75) is 119 Å². The number of carbonyl (C=O) groups is 4. The molecule has 3 N–H and O–H groups in total. The van der Waals surface area contributed by atoms with Crippen LogP contribution in [-0.4, -0.2) is 84.6 Å². The number of hydrogen-bond acceptors (Lipinski definition) is 9. The van der Waals surface area contributed by atoms with E-state index in [0.717, 1.165) is 54.9 Å². The molecule has 4 heterocycles. The number of nitrogens with one attached hydrogen (secondary N) is 3. The molecule has 1 aromatic carbocycles. The lowest BCUT2D eigenvalue weighted by atomic mass is 10.0. The molecule has 2 aromatic rings. The number of hydrogen-bond donors (Lipinski definition) is 3. The monoisotopic (exact) mass is 747 g/mol. The second-order valence-electron chi connectivity index (χ2n) is 15.0. The number of amides is 4. The number of fused-ring (bicyclic) bond motifs is 4. The molecule has 5 aliphatic rings. The molecule has 284 valence electrons. The lowest BCUT2D eigenvalue weighted by Gasteiger charge is -2.30. The van der Waals surface area contributed by atoms with Crippen LogP contribution in [-0.2, 0) is 29.2 Å². The van der Waals surface area contributed by atoms with Gasteiger partial charge in [0.25, 0.3) is 5.91 Å². The first-order chi connectivity index (χ1) is 25.6. The quantitative estimate of drug-likeness (QED) is 0.390. The highest BCUT2D eigenvalue weighted by Crippen LogP contribution is 2.46. The average molecular weight is 748 g/mol. The van der Waals surface area contributed by atoms with Gasteiger partial charge in [-0.15, -0.1) is 0 Å². The van der Waals surface area contributed by atoms with Crippen LogP contribution >= 0.6 is 0 Å². The number of sulfonamides is 1. The molecule has 0 radical (unpaired) electrons. The van der Waals surface area contributed by atoms with Gasteiger partial charge < -0.3 is 25.0 Å². The summed E-state index contributed by atoms with van der Waals surface area (Å²) in [6.07, 6.45) is 17.3. The van der Waals surface area contributed by atoms with Crippen LogP contribution in [0.1, 0.15) is 95.5 Å². The highest BCUT2D eigenvalue weighted by molar-refractivity contribution is 7.91. The van der Waals surface area contributed by atoms with E-state index in [1.54, 1.807) is 13.3 Å². The Bertz CT molecular complexity index is 1930. The Morgan fingerprint density at radius 3 is 2.62 bits per heavy atom. The summed E-state index contributed by atoms with van der Waals surface area (Å²) in [7, 11) is -2.25. The number of ether oxygens (including phenoxy) is 2. The summed E-state index contributed by atoms with van der Waals surface area (Å²) in [5.41, 5.74) is -0.616. The third kappa shape index (κ3) is 8.22. The maximum absolute atomic E-state index is 14.5. The topological polar surface area (TPSA) is 173 Å². The minimum atomic E-state index is -3.87. The number of methoxy groups -OCH3 is 1. The fourth-order valence-corrected chi connectivity index (χ4v) is 9.16. The molecule has 3 fully saturated rings. The molecule has 1 aromatic heterocycles. The number of carbonyl (C=O) groups excluding carboxylic acids is 4. The van der Waals surface area contributed by atoms with Gasteiger partial charge in [-0.25, -0.2) is 13.4 Å². The SMILES string of the molecule is COc1cc2ccnc3c2cc1C=CCCCCCC(=O)N[C@H]1CCCCCC=C[C@@H]2C[C@@]2(C(=O)NS(=O)(=O)C2CC2)NC(=O)[C@@H]2C[C@H](CN2C1=O)O3. The fourth-order valence-electron chi connectivity index (χ4n) is 7.80. The lowest BCUT2D eigenvalue weighted by molar-refractivity contribution is -0.142. The van der Waals surface area contributed by atoms with E-state index in [1.165, 1.54) is 4.90 Å². The smallest absolute Gasteiger partial charge is 0.259 e. The van der Waals surface area contributed by atoms with Gasteiger partial charge in [-0.05, 0) is 81.4 Å². The first-order valence-corrected chi connectivity index (χ1v) is 20.6. The van der Waals surface area contributed by atoms with Crippen molar-refractivity contribution >= 4 is 50.5 Å². The van der Waals surface area contributed by atoms with Crippen molar-refractivity contribution < 1.29 is 37.1 Å². The summed E-state index contributed by atoms with van der Waals surface area (Å²) in [5, 5.41) is 6.88. The van der Waals surface area contributed by atoms with Crippen LogP contribution in [0.25, 0.3) is 16.8 Å². The zero-order chi connectivity index (χ0) is 37.2. The van der Waals surface area contributed by atoms with Crippen molar-refractivity contribution in [1.82, 2.24) is 25.2 Å². The van der Waals surface area contributed by atoms with Gasteiger partial charge in [-0.3, -0.25) is 23.9 Å². The van der Waals surface area contributed by atoms with Gasteiger partial charge >= 0.3 is 0 Å². The Labute approximate surface area is 310 Å². The number of benzene rings is 1. The Kier molecular flexibility index (Phi) is 10.8. The van der Waals surface area contributed by atoms with E-state index >= 15 is 0 Å². The summed E-state index contributed by atoms with van der Waals surface area (Å²) in [5.74, 6) is -1.30. The highest BCUT2D eigenvalue weighted by atomic mass is 32.2. The minimum absolute atomic E-state index is 0.0445. The van der Waals surface area contributed by atoms with Gasteiger partial charge in [-0.1, -0.05) is 43.6 Å². The first kappa shape index (κ1) is 36.9. The Morgan fingerprint density at radius 1 is 1.04 bits per heavy atom. The Hall–Kier alpha value is -4.46. The van der Waals surface area contributed by atoms with E-state index in [0.29, 0.717) is 43.7 Å². The van der Waals surface area contributed by atoms with E-state index in [2.05, 4.69) is 26.4 Å². The Balaban J connectivity index is 1.23. The molecule has 5 atom stereocenters. The van der Waals surface area contributed by atoms with Gasteiger partial charge in [0.15, 0.2) is 0 Å². The highest BCUT2D eigenvalue weighted by Gasteiger charge is 2.62. The third-order valence-electron chi connectivity index (χ3n) is 11.1. The van der Waals surface area contributed by atoms with Gasteiger partial charge in [0.05, 0.1) is 18.9 Å². The van der Waals surface area contributed by atoms with Crippen LogP contribution in [0.15, 0.2) is 42.6 Å². The van der Waals surface area contributed by atoms with Crippen LogP contribution in [0.3, 0.4) is 0 Å². The van der Waals surface area contributed by atoms with E-state index in [-0.39, 0.29) is 37.6 Å². The van der Waals surface area contributed by atoms with Crippen molar-refractivity contribution in [1.29, 1.82) is 0 Å². The molecular weight excluding hydrogens is 699 g/mol. The summed E-state index contributed by atoms with van der Waals surface area (Å²) < 4.78 is 40.1. The molecule has 2 saturated carbocycles. The minimum Gasteiger partial charge on any atom is -0.496 e. The van der Waals surface area contributed by atoms with Crippen LogP contribution in [0.5, 0.6) is 11.6 Å². The van der Waals surface area contributed by atoms with Crippen molar-refractivity contribution in [2.75, 3.05) is 13.7 Å². The van der Waals surface area contributed by atoms with E-state index in [4.69, 9.17) is 9.47 Å². The van der Waals surface area contributed by atoms with Crippen molar-refractivity contribution in [3.05, 3.63) is 48.2 Å². The Morgan fingerprint density at radius 2 is 1.83 bits per heavy atom. The molecular formula is C39H49N5O8S. The maximum atomic E-state index is 14.5. The van der Waals surface area contributed by atoms with Crippen LogP contribution < -0.4 is 24.8 Å². The standard InChI is InChI=1S/C39H49N5O8S/c1-51-33-21-25-18-19-40-36-30(25)20-26(33)12-8-4-2-7-11-15-34(45)41-31-14-10-6-3-5-9-13-27-23-39(27,38(48)43-53(49,50)29-16-17-29)42-35(46)32-22-28(52-36)24-44(32)37(31)47/h8-9,12-13,18-21,27-29,31-32H,2-7,10-11,14-17,22-24H2,1H3,(H,41,45)(H,42,46)(H,43,48)/t27-,28-,31+,32+,39-/m1/s1. The van der Waals surface area contributed by atoms with Gasteiger partial charge in [0, 0.05) is 35.9 Å². The lowest BCUT2D eigenvalue weighted by Crippen LogP contribution is -2.58. The predicted molar refractivity (Wildman–Crippen MR) is 198 cm³/mol. The fraction of sp³-hybridized carbons (Fsp3) is 0.564. The number of aromatic nitrogens is 1. The molecule has 53 heavy (non-hydrogen) atoms. The number of rotatable bonds is 4. The molecule has 5 bridgehead atoms. The molecule has 13 nitrogen and oxygen atoms in total. The molecule has 0 unspecified atom stereocenters. The summed E-state index contributed by atoms with van der Waals surface area (Å²) in [6.45, 7) is 0.0445. The summed E-state index contributed by atoms with van der Waals surface area (Å²) >= 11 is 0. The maximum Gasteiger partial charge on any atom is 0.259 e. The summed E-state index contributed by atoms with van der Waals surface area (Å²) in [6, 6.07) is 3.86. The first-order valence-electron chi connectivity index (χ1n) is 19.0.